The highest BCUT2D eigenvalue weighted by molar-refractivity contribution is 5.08. The first-order chi connectivity index (χ1) is 9.09. The summed E-state index contributed by atoms with van der Waals surface area (Å²) in [6.07, 6.45) is 10.2. The summed E-state index contributed by atoms with van der Waals surface area (Å²) in [7, 11) is 0. The van der Waals surface area contributed by atoms with E-state index in [1.165, 1.54) is 31.2 Å². The summed E-state index contributed by atoms with van der Waals surface area (Å²) >= 11 is 0. The number of unbranched alkanes of at least 4 members (excludes halogenated alkanes) is 4. The first-order valence-corrected chi connectivity index (χ1v) is 7.60. The lowest BCUT2D eigenvalue weighted by Gasteiger charge is -2.01. The van der Waals surface area contributed by atoms with Crippen molar-refractivity contribution in [2.24, 2.45) is 5.92 Å². The maximum absolute atomic E-state index is 4.40. The van der Waals surface area contributed by atoms with Gasteiger partial charge in [0.2, 0.25) is 0 Å². The maximum Gasteiger partial charge on any atom is 0.0524 e. The van der Waals surface area contributed by atoms with E-state index in [4.69, 9.17) is 0 Å². The molecule has 0 bridgehead atoms. The van der Waals surface area contributed by atoms with Gasteiger partial charge in [-0.3, -0.25) is 4.68 Å². The van der Waals surface area contributed by atoms with Crippen LogP contribution in [-0.4, -0.2) is 9.78 Å². The van der Waals surface area contributed by atoms with Crippen molar-refractivity contribution in [3.63, 3.8) is 0 Å². The zero-order valence-corrected chi connectivity index (χ0v) is 12.9. The highest BCUT2D eigenvalue weighted by atomic mass is 15.3. The summed E-state index contributed by atoms with van der Waals surface area (Å²) in [5.41, 5.74) is 1.34. The van der Waals surface area contributed by atoms with Crippen molar-refractivity contribution in [2.45, 2.75) is 72.3 Å². The molecule has 0 amide bonds. The standard InChI is InChI=1S/C17H28N2/c1-15(2)11-9-7-5-6-8-10-12-19-14-17(13-18-19)16(3)4/h13-16H,5-8,10,12H2,1-4H3. The molecule has 0 aromatic carbocycles. The van der Waals surface area contributed by atoms with Crippen LogP contribution in [0.5, 0.6) is 0 Å². The predicted molar refractivity (Wildman–Crippen MR) is 82.0 cm³/mol. The van der Waals surface area contributed by atoms with Crippen molar-refractivity contribution in [1.29, 1.82) is 0 Å². The van der Waals surface area contributed by atoms with E-state index in [0.29, 0.717) is 11.8 Å². The number of aromatic nitrogens is 2. The molecule has 0 radical (unpaired) electrons. The van der Waals surface area contributed by atoms with Crippen LogP contribution in [0.4, 0.5) is 0 Å². The minimum absolute atomic E-state index is 0.509. The van der Waals surface area contributed by atoms with Crippen LogP contribution < -0.4 is 0 Å². The van der Waals surface area contributed by atoms with Crippen molar-refractivity contribution in [3.05, 3.63) is 18.0 Å². The Morgan fingerprint density at radius 1 is 1.11 bits per heavy atom. The highest BCUT2D eigenvalue weighted by Gasteiger charge is 2.02. The SMILES string of the molecule is CC(C)C#CCCCCCCn1cc(C(C)C)cn1. The third-order valence-electron chi connectivity index (χ3n) is 3.15. The fourth-order valence-electron chi connectivity index (χ4n) is 1.92. The summed E-state index contributed by atoms with van der Waals surface area (Å²) < 4.78 is 2.08. The molecule has 0 fully saturated rings. The molecule has 2 nitrogen and oxygen atoms in total. The molecule has 0 saturated carbocycles. The minimum atomic E-state index is 0.509. The monoisotopic (exact) mass is 260 g/mol. The third kappa shape index (κ3) is 7.06. The van der Waals surface area contributed by atoms with Gasteiger partial charge in [0.05, 0.1) is 6.20 Å². The molecule has 106 valence electrons. The van der Waals surface area contributed by atoms with E-state index < -0.39 is 0 Å². The lowest BCUT2D eigenvalue weighted by molar-refractivity contribution is 0.537. The molecular weight excluding hydrogens is 232 g/mol. The number of rotatable bonds is 7. The molecule has 2 heteroatoms. The molecule has 1 aromatic heterocycles. The largest absolute Gasteiger partial charge is 0.272 e. The summed E-state index contributed by atoms with van der Waals surface area (Å²) in [4.78, 5) is 0. The smallest absolute Gasteiger partial charge is 0.0524 e. The first kappa shape index (κ1) is 15.8. The molecule has 0 N–H and O–H groups in total. The van der Waals surface area contributed by atoms with Crippen LogP contribution in [0.3, 0.4) is 0 Å². The van der Waals surface area contributed by atoms with E-state index in [2.05, 4.69) is 55.5 Å². The van der Waals surface area contributed by atoms with Crippen LogP contribution in [0.2, 0.25) is 0 Å². The van der Waals surface area contributed by atoms with Crippen LogP contribution in [0.15, 0.2) is 12.4 Å². The second-order valence-electron chi connectivity index (χ2n) is 5.83. The van der Waals surface area contributed by atoms with Gasteiger partial charge >= 0.3 is 0 Å². The van der Waals surface area contributed by atoms with Crippen molar-refractivity contribution in [2.75, 3.05) is 0 Å². The minimum Gasteiger partial charge on any atom is -0.272 e. The van der Waals surface area contributed by atoms with E-state index in [1.54, 1.807) is 0 Å². The van der Waals surface area contributed by atoms with Gasteiger partial charge in [0.15, 0.2) is 0 Å². The lowest BCUT2D eigenvalue weighted by Crippen LogP contribution is -1.98. The predicted octanol–water partition coefficient (Wildman–Crippen LogP) is 4.62. The molecule has 0 aliphatic rings. The van der Waals surface area contributed by atoms with E-state index >= 15 is 0 Å². The Hall–Kier alpha value is -1.23. The fraction of sp³-hybridized carbons (Fsp3) is 0.706. The van der Waals surface area contributed by atoms with Crippen LogP contribution in [-0.2, 0) is 6.54 Å². The second kappa shape index (κ2) is 8.80. The highest BCUT2D eigenvalue weighted by Crippen LogP contribution is 2.13. The molecule has 0 unspecified atom stereocenters. The number of hydrogen-bond acceptors (Lipinski definition) is 1. The van der Waals surface area contributed by atoms with E-state index in [-0.39, 0.29) is 0 Å². The molecule has 1 aromatic rings. The average Bonchev–Trinajstić information content (AvgIpc) is 2.81. The van der Waals surface area contributed by atoms with E-state index in [0.717, 1.165) is 13.0 Å². The number of aryl methyl sites for hydroxylation is 1. The fourth-order valence-corrected chi connectivity index (χ4v) is 1.92. The van der Waals surface area contributed by atoms with Gasteiger partial charge in [0.1, 0.15) is 0 Å². The van der Waals surface area contributed by atoms with Crippen LogP contribution in [0.25, 0.3) is 0 Å². The third-order valence-corrected chi connectivity index (χ3v) is 3.15. The molecule has 0 spiro atoms. The van der Waals surface area contributed by atoms with Crippen molar-refractivity contribution < 1.29 is 0 Å². The van der Waals surface area contributed by atoms with Gasteiger partial charge in [-0.25, -0.2) is 0 Å². The van der Waals surface area contributed by atoms with Gasteiger partial charge < -0.3 is 0 Å². The summed E-state index contributed by atoms with van der Waals surface area (Å²) in [6.45, 7) is 9.74. The maximum atomic E-state index is 4.40. The Morgan fingerprint density at radius 2 is 1.84 bits per heavy atom. The molecular formula is C17H28N2. The Bertz CT molecular complexity index is 404. The number of hydrogen-bond donors (Lipinski definition) is 0. The Labute approximate surface area is 118 Å². The topological polar surface area (TPSA) is 17.8 Å². The normalized spacial score (nSPS) is 10.8. The molecule has 0 atom stereocenters. The van der Waals surface area contributed by atoms with Gasteiger partial charge in [-0.1, -0.05) is 40.5 Å². The molecule has 0 aliphatic carbocycles. The van der Waals surface area contributed by atoms with Gasteiger partial charge in [-0.2, -0.15) is 5.10 Å². The summed E-state index contributed by atoms with van der Waals surface area (Å²) in [5.74, 6) is 7.54. The molecule has 1 heterocycles. The zero-order chi connectivity index (χ0) is 14.1. The van der Waals surface area contributed by atoms with Crippen LogP contribution in [0.1, 0.15) is 71.3 Å². The van der Waals surface area contributed by atoms with E-state index in [1.807, 2.05) is 6.20 Å². The van der Waals surface area contributed by atoms with Gasteiger partial charge in [-0.05, 0) is 24.3 Å². The van der Waals surface area contributed by atoms with E-state index in [9.17, 15) is 0 Å². The molecule has 0 saturated heterocycles. The zero-order valence-electron chi connectivity index (χ0n) is 12.9. The van der Waals surface area contributed by atoms with Gasteiger partial charge in [0, 0.05) is 25.1 Å². The quantitative estimate of drug-likeness (QED) is 0.517. The van der Waals surface area contributed by atoms with Crippen LogP contribution >= 0.6 is 0 Å². The van der Waals surface area contributed by atoms with Crippen molar-refractivity contribution in [3.8, 4) is 11.8 Å². The average molecular weight is 260 g/mol. The molecule has 0 aliphatic heterocycles. The lowest BCUT2D eigenvalue weighted by atomic mass is 10.1. The summed E-state index contributed by atoms with van der Waals surface area (Å²) in [5, 5.41) is 4.40. The summed E-state index contributed by atoms with van der Waals surface area (Å²) in [6, 6.07) is 0. The molecule has 19 heavy (non-hydrogen) atoms. The van der Waals surface area contributed by atoms with Gasteiger partial charge in [-0.15, -0.1) is 11.8 Å². The second-order valence-corrected chi connectivity index (χ2v) is 5.83. The van der Waals surface area contributed by atoms with Crippen molar-refractivity contribution in [1.82, 2.24) is 9.78 Å². The van der Waals surface area contributed by atoms with Gasteiger partial charge in [0.25, 0.3) is 0 Å². The van der Waals surface area contributed by atoms with Crippen LogP contribution in [0, 0.1) is 17.8 Å². The number of nitrogens with zero attached hydrogens (tertiary/aromatic N) is 2. The Kier molecular flexibility index (Phi) is 7.33. The Morgan fingerprint density at radius 3 is 2.47 bits per heavy atom. The molecule has 1 rings (SSSR count). The Balaban J connectivity index is 2.06. The first-order valence-electron chi connectivity index (χ1n) is 7.60. The van der Waals surface area contributed by atoms with Crippen molar-refractivity contribution >= 4 is 0 Å².